The number of aromatic nitrogens is 1. The third-order valence-electron chi connectivity index (χ3n) is 3.79. The number of hydrogen-bond acceptors (Lipinski definition) is 3. The molecule has 2 aromatic heterocycles. The van der Waals surface area contributed by atoms with Gasteiger partial charge < -0.3 is 19.3 Å². The van der Waals surface area contributed by atoms with Gasteiger partial charge in [0.05, 0.1) is 6.26 Å². The molecule has 1 aromatic carbocycles. The van der Waals surface area contributed by atoms with Gasteiger partial charge in [0.25, 0.3) is 0 Å². The Balaban J connectivity index is 1.96. The van der Waals surface area contributed by atoms with Gasteiger partial charge in [-0.05, 0) is 30.7 Å². The van der Waals surface area contributed by atoms with E-state index in [4.69, 9.17) is 4.42 Å². The van der Waals surface area contributed by atoms with Gasteiger partial charge in [0.15, 0.2) is 0 Å². The number of rotatable bonds is 6. The number of fused-ring (bicyclic) bond motifs is 1. The van der Waals surface area contributed by atoms with Crippen LogP contribution in [0, 0.1) is 5.82 Å². The zero-order valence-corrected chi connectivity index (χ0v) is 12.1. The molecule has 0 aliphatic carbocycles. The minimum absolute atomic E-state index is 0.152. The Kier molecular flexibility index (Phi) is 3.97. The maximum atomic E-state index is 13.2. The molecular weight excluding hydrogens is 301 g/mol. The summed E-state index contributed by atoms with van der Waals surface area (Å²) in [6.07, 6.45) is 4.22. The van der Waals surface area contributed by atoms with Crippen molar-refractivity contribution in [1.29, 1.82) is 0 Å². The largest absolute Gasteiger partial charge is 0.481 e. The smallest absolute Gasteiger partial charge is 0.314 e. The molecular formula is C17H14FNO4. The van der Waals surface area contributed by atoms with Crippen molar-refractivity contribution in [2.24, 2.45) is 0 Å². The van der Waals surface area contributed by atoms with E-state index in [1.165, 1.54) is 18.4 Å². The molecule has 0 bridgehead atoms. The van der Waals surface area contributed by atoms with Gasteiger partial charge in [-0.1, -0.05) is 0 Å². The molecule has 3 aromatic rings. The average molecular weight is 315 g/mol. The first kappa shape index (κ1) is 15.0. The van der Waals surface area contributed by atoms with E-state index in [0.29, 0.717) is 23.1 Å². The molecule has 23 heavy (non-hydrogen) atoms. The summed E-state index contributed by atoms with van der Waals surface area (Å²) in [7, 11) is 0. The number of H-pyrrole nitrogens is 1. The monoisotopic (exact) mass is 315 g/mol. The molecule has 6 heteroatoms. The van der Waals surface area contributed by atoms with Gasteiger partial charge in [0.1, 0.15) is 23.8 Å². The van der Waals surface area contributed by atoms with Crippen LogP contribution in [0.5, 0.6) is 0 Å². The van der Waals surface area contributed by atoms with Gasteiger partial charge >= 0.3 is 5.97 Å². The van der Waals surface area contributed by atoms with Crippen LogP contribution in [0.1, 0.15) is 24.5 Å². The van der Waals surface area contributed by atoms with Crippen molar-refractivity contribution in [3.8, 4) is 11.1 Å². The van der Waals surface area contributed by atoms with Crippen molar-refractivity contribution in [3.05, 3.63) is 48.3 Å². The van der Waals surface area contributed by atoms with E-state index in [1.807, 2.05) is 0 Å². The number of furan rings is 1. The fraction of sp³-hybridized carbons (Fsp3) is 0.176. The van der Waals surface area contributed by atoms with Crippen LogP contribution in [-0.2, 0) is 9.59 Å². The first-order chi connectivity index (χ1) is 11.1. The van der Waals surface area contributed by atoms with E-state index in [9.17, 15) is 19.1 Å². The minimum Gasteiger partial charge on any atom is -0.481 e. The lowest BCUT2D eigenvalue weighted by molar-refractivity contribution is -0.139. The number of carboxylic acids is 1. The summed E-state index contributed by atoms with van der Waals surface area (Å²) in [5.41, 5.74) is 2.16. The maximum absolute atomic E-state index is 13.2. The highest BCUT2D eigenvalue weighted by atomic mass is 19.1. The van der Waals surface area contributed by atoms with Crippen LogP contribution in [0.15, 0.2) is 41.1 Å². The van der Waals surface area contributed by atoms with Gasteiger partial charge in [-0.25, -0.2) is 4.39 Å². The topological polar surface area (TPSA) is 83.3 Å². The standard InChI is InChI=1S/C17H14FNO4/c18-11-3-4-12-14(8-19-15(12)7-11)10-6-16(23-9-10)13(17(21)22)2-1-5-20/h3-9,13,19H,1-2H2,(H,21,22). The number of aliphatic carboxylic acids is 1. The van der Waals surface area contributed by atoms with E-state index in [2.05, 4.69) is 4.98 Å². The molecule has 0 aliphatic rings. The molecule has 0 amide bonds. The quantitative estimate of drug-likeness (QED) is 0.679. The number of carbonyl (C=O) groups is 2. The van der Waals surface area contributed by atoms with Crippen LogP contribution in [-0.4, -0.2) is 22.3 Å². The highest BCUT2D eigenvalue weighted by Gasteiger charge is 2.23. The van der Waals surface area contributed by atoms with Crippen molar-refractivity contribution in [1.82, 2.24) is 4.98 Å². The molecule has 0 aliphatic heterocycles. The van der Waals surface area contributed by atoms with Crippen LogP contribution in [0.3, 0.4) is 0 Å². The third kappa shape index (κ3) is 2.88. The summed E-state index contributed by atoms with van der Waals surface area (Å²) in [5.74, 6) is -1.94. The predicted molar refractivity (Wildman–Crippen MR) is 81.6 cm³/mol. The van der Waals surface area contributed by atoms with Gasteiger partial charge in [0, 0.05) is 34.6 Å². The summed E-state index contributed by atoms with van der Waals surface area (Å²) in [6.45, 7) is 0. The molecule has 1 atom stereocenters. The third-order valence-corrected chi connectivity index (χ3v) is 3.79. The number of carbonyl (C=O) groups excluding carboxylic acids is 1. The van der Waals surface area contributed by atoms with E-state index in [1.54, 1.807) is 18.3 Å². The summed E-state index contributed by atoms with van der Waals surface area (Å²) in [4.78, 5) is 24.8. The molecule has 5 nitrogen and oxygen atoms in total. The Morgan fingerprint density at radius 3 is 2.96 bits per heavy atom. The minimum atomic E-state index is -1.03. The van der Waals surface area contributed by atoms with Crippen LogP contribution in [0.2, 0.25) is 0 Å². The number of aldehydes is 1. The molecule has 0 fully saturated rings. The van der Waals surface area contributed by atoms with E-state index in [-0.39, 0.29) is 18.7 Å². The number of nitrogens with one attached hydrogen (secondary N) is 1. The molecule has 0 saturated heterocycles. The summed E-state index contributed by atoms with van der Waals surface area (Å²) in [6, 6.07) is 6.06. The second kappa shape index (κ2) is 6.08. The number of carboxylic acid groups (broad SMARTS) is 1. The molecule has 2 heterocycles. The Hall–Kier alpha value is -2.89. The Morgan fingerprint density at radius 2 is 2.22 bits per heavy atom. The fourth-order valence-corrected chi connectivity index (χ4v) is 2.64. The van der Waals surface area contributed by atoms with Gasteiger partial charge in [-0.15, -0.1) is 0 Å². The second-order valence-corrected chi connectivity index (χ2v) is 5.26. The molecule has 1 unspecified atom stereocenters. The molecule has 3 rings (SSSR count). The van der Waals surface area contributed by atoms with Crippen LogP contribution in [0.4, 0.5) is 4.39 Å². The van der Waals surface area contributed by atoms with E-state index in [0.717, 1.165) is 10.9 Å². The lowest BCUT2D eigenvalue weighted by atomic mass is 9.99. The number of hydrogen-bond donors (Lipinski definition) is 2. The van der Waals surface area contributed by atoms with Crippen molar-refractivity contribution in [2.45, 2.75) is 18.8 Å². The highest BCUT2D eigenvalue weighted by Crippen LogP contribution is 2.33. The second-order valence-electron chi connectivity index (χ2n) is 5.26. The zero-order valence-electron chi connectivity index (χ0n) is 12.1. The lowest BCUT2D eigenvalue weighted by Crippen LogP contribution is -2.10. The van der Waals surface area contributed by atoms with Crippen LogP contribution >= 0.6 is 0 Å². The molecule has 0 spiro atoms. The molecule has 2 N–H and O–H groups in total. The average Bonchev–Trinajstić information content (AvgIpc) is 3.13. The lowest BCUT2D eigenvalue weighted by Gasteiger charge is -2.06. The van der Waals surface area contributed by atoms with Crippen molar-refractivity contribution in [3.63, 3.8) is 0 Å². The van der Waals surface area contributed by atoms with Crippen molar-refractivity contribution >= 4 is 23.2 Å². The van der Waals surface area contributed by atoms with Gasteiger partial charge in [-0.3, -0.25) is 4.79 Å². The molecule has 0 saturated carbocycles. The van der Waals surface area contributed by atoms with Crippen LogP contribution < -0.4 is 0 Å². The van der Waals surface area contributed by atoms with E-state index >= 15 is 0 Å². The normalized spacial score (nSPS) is 12.4. The molecule has 118 valence electrons. The molecule has 0 radical (unpaired) electrons. The predicted octanol–water partition coefficient (Wildman–Crippen LogP) is 3.71. The first-order valence-corrected chi connectivity index (χ1v) is 7.12. The SMILES string of the molecule is O=CCCC(C(=O)O)c1cc(-c2c[nH]c3cc(F)ccc23)co1. The summed E-state index contributed by atoms with van der Waals surface area (Å²) >= 11 is 0. The Morgan fingerprint density at radius 1 is 1.39 bits per heavy atom. The Labute approximate surface area is 130 Å². The fourth-order valence-electron chi connectivity index (χ4n) is 2.64. The van der Waals surface area contributed by atoms with Crippen LogP contribution in [0.25, 0.3) is 22.0 Å². The summed E-state index contributed by atoms with van der Waals surface area (Å²) < 4.78 is 18.6. The highest BCUT2D eigenvalue weighted by molar-refractivity contribution is 5.95. The Bertz CT molecular complexity index is 864. The maximum Gasteiger partial charge on any atom is 0.314 e. The zero-order chi connectivity index (χ0) is 16.4. The van der Waals surface area contributed by atoms with E-state index < -0.39 is 11.9 Å². The number of aromatic amines is 1. The van der Waals surface area contributed by atoms with Gasteiger partial charge in [0.2, 0.25) is 0 Å². The first-order valence-electron chi connectivity index (χ1n) is 7.12. The van der Waals surface area contributed by atoms with Gasteiger partial charge in [-0.2, -0.15) is 0 Å². The number of halogens is 1. The number of benzene rings is 1. The van der Waals surface area contributed by atoms with Crippen molar-refractivity contribution < 1.29 is 23.5 Å². The van der Waals surface area contributed by atoms with Crippen molar-refractivity contribution in [2.75, 3.05) is 0 Å². The summed E-state index contributed by atoms with van der Waals surface area (Å²) in [5, 5.41) is 10.1.